The first kappa shape index (κ1) is 14.8. The molecule has 0 amide bonds. The van der Waals surface area contributed by atoms with Crippen LogP contribution in [-0.4, -0.2) is 9.97 Å². The van der Waals surface area contributed by atoms with E-state index >= 15 is 0 Å². The van der Waals surface area contributed by atoms with Crippen molar-refractivity contribution in [3.05, 3.63) is 46.2 Å². The average Bonchev–Trinajstić information content (AvgIpc) is 2.37. The predicted octanol–water partition coefficient (Wildman–Crippen LogP) is 4.69. The highest BCUT2D eigenvalue weighted by molar-refractivity contribution is 6.30. The number of aryl methyl sites for hydroxylation is 1. The summed E-state index contributed by atoms with van der Waals surface area (Å²) >= 11 is 6.02. The van der Waals surface area contributed by atoms with Crippen LogP contribution in [0.2, 0.25) is 5.15 Å². The van der Waals surface area contributed by atoms with Gasteiger partial charge in [-0.1, -0.05) is 36.7 Å². The first-order valence-corrected chi connectivity index (χ1v) is 6.42. The fourth-order valence-electron chi connectivity index (χ4n) is 2.01. The lowest BCUT2D eigenvalue weighted by Crippen LogP contribution is -2.09. The van der Waals surface area contributed by atoms with Crippen LogP contribution in [0.3, 0.4) is 0 Å². The molecule has 20 heavy (non-hydrogen) atoms. The van der Waals surface area contributed by atoms with E-state index in [1.165, 1.54) is 18.2 Å². The minimum Gasteiger partial charge on any atom is -0.233 e. The summed E-state index contributed by atoms with van der Waals surface area (Å²) in [5.74, 6) is -0.00220. The van der Waals surface area contributed by atoms with Gasteiger partial charge in [-0.2, -0.15) is 13.2 Å². The average molecular weight is 301 g/mol. The molecule has 0 radical (unpaired) electrons. The summed E-state index contributed by atoms with van der Waals surface area (Å²) < 4.78 is 39.0. The van der Waals surface area contributed by atoms with Gasteiger partial charge in [-0.3, -0.25) is 0 Å². The maximum Gasteiger partial charge on any atom is 0.417 e. The van der Waals surface area contributed by atoms with Crippen LogP contribution in [-0.2, 0) is 12.6 Å². The molecule has 2 rings (SSSR count). The lowest BCUT2D eigenvalue weighted by molar-refractivity contribution is -0.137. The Bertz CT molecular complexity index is 616. The number of hydrogen-bond acceptors (Lipinski definition) is 2. The van der Waals surface area contributed by atoms with Gasteiger partial charge in [0.15, 0.2) is 5.82 Å². The van der Waals surface area contributed by atoms with E-state index in [4.69, 9.17) is 11.6 Å². The lowest BCUT2D eigenvalue weighted by Gasteiger charge is -2.13. The molecule has 0 aliphatic carbocycles. The Morgan fingerprint density at radius 1 is 1.15 bits per heavy atom. The number of aromatic nitrogens is 2. The Kier molecular flexibility index (Phi) is 3.99. The molecule has 0 atom stereocenters. The van der Waals surface area contributed by atoms with Crippen LogP contribution in [0, 0.1) is 6.92 Å². The second kappa shape index (κ2) is 5.40. The lowest BCUT2D eigenvalue weighted by atomic mass is 10.1. The van der Waals surface area contributed by atoms with Crippen LogP contribution in [0.4, 0.5) is 13.2 Å². The smallest absolute Gasteiger partial charge is 0.233 e. The number of alkyl halides is 3. The largest absolute Gasteiger partial charge is 0.417 e. The molecule has 0 fully saturated rings. The number of benzene rings is 1. The Labute approximate surface area is 119 Å². The maximum atomic E-state index is 13.0. The van der Waals surface area contributed by atoms with E-state index in [1.807, 2.05) is 6.92 Å². The summed E-state index contributed by atoms with van der Waals surface area (Å²) in [4.78, 5) is 8.16. The molecule has 0 saturated heterocycles. The van der Waals surface area contributed by atoms with Crippen molar-refractivity contribution < 1.29 is 13.2 Å². The van der Waals surface area contributed by atoms with E-state index in [0.717, 1.165) is 11.6 Å². The van der Waals surface area contributed by atoms with Crippen molar-refractivity contribution in [1.82, 2.24) is 9.97 Å². The molecule has 0 N–H and O–H groups in total. The molecule has 0 saturated carbocycles. The van der Waals surface area contributed by atoms with Crippen LogP contribution < -0.4 is 0 Å². The minimum atomic E-state index is -4.45. The van der Waals surface area contributed by atoms with Gasteiger partial charge in [-0.05, 0) is 19.4 Å². The molecule has 0 aliphatic heterocycles. The normalized spacial score (nSPS) is 11.7. The molecule has 2 nitrogen and oxygen atoms in total. The van der Waals surface area contributed by atoms with Gasteiger partial charge in [0.05, 0.1) is 5.56 Å². The van der Waals surface area contributed by atoms with Gasteiger partial charge >= 0.3 is 6.18 Å². The summed E-state index contributed by atoms with van der Waals surface area (Å²) in [5, 5.41) is 0.201. The third-order valence-corrected chi connectivity index (χ3v) is 3.30. The molecular weight excluding hydrogens is 289 g/mol. The Morgan fingerprint density at radius 2 is 1.80 bits per heavy atom. The van der Waals surface area contributed by atoms with Gasteiger partial charge < -0.3 is 0 Å². The number of rotatable bonds is 2. The van der Waals surface area contributed by atoms with Gasteiger partial charge in [0.1, 0.15) is 5.15 Å². The molecule has 1 aromatic heterocycles. The van der Waals surface area contributed by atoms with E-state index in [2.05, 4.69) is 9.97 Å². The van der Waals surface area contributed by atoms with Crippen LogP contribution in [0.15, 0.2) is 24.3 Å². The van der Waals surface area contributed by atoms with E-state index in [1.54, 1.807) is 6.92 Å². The standard InChI is InChI=1S/C14H12ClF3N2/c1-3-9-8(2)19-13(20-12(9)15)10-6-4-5-7-11(10)14(16,17)18/h4-7H,3H2,1-2H3. The zero-order chi connectivity index (χ0) is 14.9. The summed E-state index contributed by atoms with van der Waals surface area (Å²) in [6, 6.07) is 5.21. The summed E-state index contributed by atoms with van der Waals surface area (Å²) in [7, 11) is 0. The molecular formula is C14H12ClF3N2. The van der Waals surface area contributed by atoms with Crippen LogP contribution >= 0.6 is 11.6 Å². The topological polar surface area (TPSA) is 25.8 Å². The van der Waals surface area contributed by atoms with Gasteiger partial charge in [-0.25, -0.2) is 9.97 Å². The van der Waals surface area contributed by atoms with Crippen molar-refractivity contribution in [1.29, 1.82) is 0 Å². The molecule has 2 aromatic rings. The highest BCUT2D eigenvalue weighted by Crippen LogP contribution is 2.36. The molecule has 1 aromatic carbocycles. The minimum absolute atomic E-state index is 0.00220. The van der Waals surface area contributed by atoms with E-state index in [0.29, 0.717) is 12.1 Å². The number of halogens is 4. The second-order valence-corrected chi connectivity index (χ2v) is 4.66. The predicted molar refractivity (Wildman–Crippen MR) is 71.6 cm³/mol. The van der Waals surface area contributed by atoms with E-state index in [-0.39, 0.29) is 16.5 Å². The van der Waals surface area contributed by atoms with Crippen LogP contribution in [0.1, 0.15) is 23.7 Å². The van der Waals surface area contributed by atoms with Crippen molar-refractivity contribution in [2.75, 3.05) is 0 Å². The highest BCUT2D eigenvalue weighted by atomic mass is 35.5. The Balaban J connectivity index is 2.64. The van der Waals surface area contributed by atoms with Crippen LogP contribution in [0.25, 0.3) is 11.4 Å². The first-order chi connectivity index (χ1) is 9.34. The molecule has 6 heteroatoms. The van der Waals surface area contributed by atoms with Gasteiger partial charge in [0, 0.05) is 16.8 Å². The van der Waals surface area contributed by atoms with Crippen molar-refractivity contribution >= 4 is 11.6 Å². The fourth-order valence-corrected chi connectivity index (χ4v) is 2.36. The Hall–Kier alpha value is -1.62. The van der Waals surface area contributed by atoms with Crippen molar-refractivity contribution in [2.45, 2.75) is 26.4 Å². The number of nitrogens with zero attached hydrogens (tertiary/aromatic N) is 2. The molecule has 0 bridgehead atoms. The van der Waals surface area contributed by atoms with Crippen molar-refractivity contribution in [2.24, 2.45) is 0 Å². The quantitative estimate of drug-likeness (QED) is 0.752. The second-order valence-electron chi connectivity index (χ2n) is 4.30. The monoisotopic (exact) mass is 300 g/mol. The summed E-state index contributed by atoms with van der Waals surface area (Å²) in [6.45, 7) is 3.60. The molecule has 0 unspecified atom stereocenters. The van der Waals surface area contributed by atoms with Crippen molar-refractivity contribution in [3.63, 3.8) is 0 Å². The van der Waals surface area contributed by atoms with E-state index in [9.17, 15) is 13.2 Å². The summed E-state index contributed by atoms with van der Waals surface area (Å²) in [5.41, 5.74) is 0.520. The third-order valence-electron chi connectivity index (χ3n) is 2.99. The summed E-state index contributed by atoms with van der Waals surface area (Å²) in [6.07, 6.45) is -3.82. The molecule has 106 valence electrons. The fraction of sp³-hybridized carbons (Fsp3) is 0.286. The van der Waals surface area contributed by atoms with E-state index < -0.39 is 11.7 Å². The SMILES string of the molecule is CCc1c(C)nc(-c2ccccc2C(F)(F)F)nc1Cl. The molecule has 1 heterocycles. The molecule has 0 aliphatic rings. The van der Waals surface area contributed by atoms with Crippen molar-refractivity contribution in [3.8, 4) is 11.4 Å². The first-order valence-electron chi connectivity index (χ1n) is 6.04. The zero-order valence-corrected chi connectivity index (χ0v) is 11.7. The highest BCUT2D eigenvalue weighted by Gasteiger charge is 2.34. The number of hydrogen-bond donors (Lipinski definition) is 0. The maximum absolute atomic E-state index is 13.0. The van der Waals surface area contributed by atoms with Gasteiger partial charge in [-0.15, -0.1) is 0 Å². The Morgan fingerprint density at radius 3 is 2.35 bits per heavy atom. The van der Waals surface area contributed by atoms with Gasteiger partial charge in [0.25, 0.3) is 0 Å². The third kappa shape index (κ3) is 2.77. The van der Waals surface area contributed by atoms with Gasteiger partial charge in [0.2, 0.25) is 0 Å². The van der Waals surface area contributed by atoms with Crippen LogP contribution in [0.5, 0.6) is 0 Å². The zero-order valence-electron chi connectivity index (χ0n) is 10.9. The molecule has 0 spiro atoms.